The van der Waals surface area contributed by atoms with Crippen molar-refractivity contribution < 1.29 is 4.79 Å². The number of amides is 1. The monoisotopic (exact) mass is 377 g/mol. The molecule has 134 valence electrons. The molecule has 0 unspecified atom stereocenters. The van der Waals surface area contributed by atoms with E-state index in [1.807, 2.05) is 43.0 Å². The molecule has 0 aliphatic carbocycles. The Morgan fingerprint density at radius 3 is 2.84 bits per heavy atom. The summed E-state index contributed by atoms with van der Waals surface area (Å²) in [6.07, 6.45) is 4.14. The van der Waals surface area contributed by atoms with Crippen LogP contribution in [0.5, 0.6) is 0 Å². The molecule has 0 radical (unpaired) electrons. The minimum absolute atomic E-state index is 0.0275. The number of fused-ring (bicyclic) bond motifs is 1. The summed E-state index contributed by atoms with van der Waals surface area (Å²) in [5.41, 5.74) is 2.31. The summed E-state index contributed by atoms with van der Waals surface area (Å²) in [5, 5.41) is 4.64. The number of carbonyl (C=O) groups excluding carboxylic acids is 1. The molecule has 1 fully saturated rings. The lowest BCUT2D eigenvalue weighted by atomic mass is 10.0. The first kappa shape index (κ1) is 18.5. The van der Waals surface area contributed by atoms with Gasteiger partial charge >= 0.3 is 0 Å². The Balaban J connectivity index is 1.70. The van der Waals surface area contributed by atoms with Crippen molar-refractivity contribution in [3.63, 3.8) is 0 Å². The number of likely N-dealkylation sites (tertiary alicyclic amines) is 1. The third-order valence-corrected chi connectivity index (χ3v) is 5.50. The van der Waals surface area contributed by atoms with Crippen LogP contribution in [0, 0.1) is 6.92 Å². The van der Waals surface area contributed by atoms with Gasteiger partial charge in [0.2, 0.25) is 0 Å². The van der Waals surface area contributed by atoms with Gasteiger partial charge in [-0.25, -0.2) is 0 Å². The summed E-state index contributed by atoms with van der Waals surface area (Å²) in [6.45, 7) is 5.14. The van der Waals surface area contributed by atoms with Crippen LogP contribution in [0.1, 0.15) is 28.9 Å². The highest BCUT2D eigenvalue weighted by atomic mass is 35.5. The van der Waals surface area contributed by atoms with Gasteiger partial charge in [0.1, 0.15) is 0 Å². The van der Waals surface area contributed by atoms with E-state index >= 15 is 0 Å². The average Bonchev–Trinajstić information content (AvgIpc) is 2.60. The molecular formula is C19H24ClN3OS. The zero-order chi connectivity index (χ0) is 17.8. The number of aromatic nitrogens is 1. The number of nitrogens with one attached hydrogen (secondary N) is 1. The Morgan fingerprint density at radius 1 is 1.36 bits per heavy atom. The second kappa shape index (κ2) is 8.39. The zero-order valence-electron chi connectivity index (χ0n) is 14.7. The maximum absolute atomic E-state index is 12.8. The van der Waals surface area contributed by atoms with Crippen molar-refractivity contribution in [3.8, 4) is 0 Å². The number of hydrogen-bond acceptors (Lipinski definition) is 4. The molecule has 4 nitrogen and oxygen atoms in total. The molecular weight excluding hydrogens is 354 g/mol. The predicted molar refractivity (Wildman–Crippen MR) is 107 cm³/mol. The molecule has 2 heterocycles. The molecule has 0 bridgehead atoms. The standard InChI is InChI=1S/C19H24ClN3OS/c1-13-11-17(16-12-14(20)3-4-18(16)21-13)19(24)22-15-5-7-23(8-6-15)9-10-25-2/h3-4,11-12,15H,5-10H2,1-2H3,(H,22,24). The summed E-state index contributed by atoms with van der Waals surface area (Å²) >= 11 is 8.00. The second-order valence-electron chi connectivity index (χ2n) is 6.55. The maximum atomic E-state index is 12.8. The first-order valence-corrected chi connectivity index (χ1v) is 10.4. The normalized spacial score (nSPS) is 16.3. The minimum atomic E-state index is -0.0275. The number of rotatable bonds is 5. The molecule has 1 N–H and O–H groups in total. The molecule has 1 aromatic heterocycles. The van der Waals surface area contributed by atoms with Crippen LogP contribution >= 0.6 is 23.4 Å². The molecule has 1 aliphatic heterocycles. The highest BCUT2D eigenvalue weighted by Gasteiger charge is 2.22. The summed E-state index contributed by atoms with van der Waals surface area (Å²) in [6, 6.07) is 7.58. The largest absolute Gasteiger partial charge is 0.349 e. The van der Waals surface area contributed by atoms with Crippen molar-refractivity contribution in [2.75, 3.05) is 31.6 Å². The molecule has 1 amide bonds. The first-order valence-electron chi connectivity index (χ1n) is 8.66. The summed E-state index contributed by atoms with van der Waals surface area (Å²) in [7, 11) is 0. The molecule has 1 aliphatic rings. The third-order valence-electron chi connectivity index (χ3n) is 4.68. The smallest absolute Gasteiger partial charge is 0.252 e. The van der Waals surface area contributed by atoms with E-state index in [0.717, 1.165) is 49.1 Å². The summed E-state index contributed by atoms with van der Waals surface area (Å²) < 4.78 is 0. The second-order valence-corrected chi connectivity index (χ2v) is 7.98. The van der Waals surface area contributed by atoms with Gasteiger partial charge in [-0.3, -0.25) is 9.78 Å². The topological polar surface area (TPSA) is 45.2 Å². The van der Waals surface area contributed by atoms with Gasteiger partial charge in [-0.1, -0.05) is 11.6 Å². The highest BCUT2D eigenvalue weighted by Crippen LogP contribution is 2.23. The van der Waals surface area contributed by atoms with Gasteiger partial charge in [-0.2, -0.15) is 11.8 Å². The molecule has 25 heavy (non-hydrogen) atoms. The Bertz CT molecular complexity index is 760. The molecule has 3 rings (SSSR count). The number of nitrogens with zero attached hydrogens (tertiary/aromatic N) is 2. The number of carbonyl (C=O) groups is 1. The minimum Gasteiger partial charge on any atom is -0.349 e. The van der Waals surface area contributed by atoms with Gasteiger partial charge in [0.05, 0.1) is 11.1 Å². The molecule has 1 saturated heterocycles. The van der Waals surface area contributed by atoms with E-state index in [1.54, 1.807) is 0 Å². The lowest BCUT2D eigenvalue weighted by Crippen LogP contribution is -2.45. The highest BCUT2D eigenvalue weighted by molar-refractivity contribution is 7.98. The molecule has 6 heteroatoms. The number of benzene rings is 1. The summed E-state index contributed by atoms with van der Waals surface area (Å²) in [5.74, 6) is 1.14. The average molecular weight is 378 g/mol. The molecule has 2 aromatic rings. The quantitative estimate of drug-likeness (QED) is 0.861. The Hall–Kier alpha value is -1.30. The van der Waals surface area contributed by atoms with Crippen molar-refractivity contribution in [2.24, 2.45) is 0 Å². The van der Waals surface area contributed by atoms with Gasteiger partial charge in [0.25, 0.3) is 5.91 Å². The SMILES string of the molecule is CSCCN1CCC(NC(=O)c2cc(C)nc3ccc(Cl)cc23)CC1. The lowest BCUT2D eigenvalue weighted by Gasteiger charge is -2.32. The van der Waals surface area contributed by atoms with Crippen molar-refractivity contribution >= 4 is 40.2 Å². The predicted octanol–water partition coefficient (Wildman–Crippen LogP) is 3.75. The first-order chi connectivity index (χ1) is 12.1. The number of thioether (sulfide) groups is 1. The fourth-order valence-corrected chi connectivity index (χ4v) is 3.92. The van der Waals surface area contributed by atoms with E-state index in [0.29, 0.717) is 10.6 Å². The number of halogens is 1. The van der Waals surface area contributed by atoms with Crippen LogP contribution in [0.3, 0.4) is 0 Å². The number of aryl methyl sites for hydroxylation is 1. The van der Waals surface area contributed by atoms with E-state index in [1.165, 1.54) is 5.75 Å². The Kier molecular flexibility index (Phi) is 6.20. The van der Waals surface area contributed by atoms with Crippen LogP contribution in [0.4, 0.5) is 0 Å². The lowest BCUT2D eigenvalue weighted by molar-refractivity contribution is 0.0914. The van der Waals surface area contributed by atoms with Gasteiger partial charge in [-0.15, -0.1) is 0 Å². The molecule has 1 aromatic carbocycles. The zero-order valence-corrected chi connectivity index (χ0v) is 16.3. The van der Waals surface area contributed by atoms with Gasteiger partial charge in [0, 0.05) is 47.5 Å². The Labute approximate surface area is 158 Å². The van der Waals surface area contributed by atoms with E-state index in [9.17, 15) is 4.79 Å². The molecule has 0 saturated carbocycles. The summed E-state index contributed by atoms with van der Waals surface area (Å²) in [4.78, 5) is 19.8. The van der Waals surface area contributed by atoms with E-state index in [-0.39, 0.29) is 11.9 Å². The van der Waals surface area contributed by atoms with Gasteiger partial charge in [0.15, 0.2) is 0 Å². The van der Waals surface area contributed by atoms with Crippen molar-refractivity contribution in [1.29, 1.82) is 0 Å². The van der Waals surface area contributed by atoms with Crippen LogP contribution in [0.15, 0.2) is 24.3 Å². The van der Waals surface area contributed by atoms with Crippen molar-refractivity contribution in [3.05, 3.63) is 40.5 Å². The van der Waals surface area contributed by atoms with Crippen molar-refractivity contribution in [2.45, 2.75) is 25.8 Å². The van der Waals surface area contributed by atoms with Crippen LogP contribution in [0.2, 0.25) is 5.02 Å². The fraction of sp³-hybridized carbons (Fsp3) is 0.474. The maximum Gasteiger partial charge on any atom is 0.252 e. The van der Waals surface area contributed by atoms with Crippen LogP contribution in [-0.4, -0.2) is 53.5 Å². The van der Waals surface area contributed by atoms with E-state index < -0.39 is 0 Å². The number of hydrogen-bond donors (Lipinski definition) is 1. The number of pyridine rings is 1. The Morgan fingerprint density at radius 2 is 2.12 bits per heavy atom. The van der Waals surface area contributed by atoms with Crippen molar-refractivity contribution in [1.82, 2.24) is 15.2 Å². The van der Waals surface area contributed by atoms with E-state index in [2.05, 4.69) is 21.5 Å². The van der Waals surface area contributed by atoms with Crippen LogP contribution in [0.25, 0.3) is 10.9 Å². The van der Waals surface area contributed by atoms with Crippen LogP contribution in [-0.2, 0) is 0 Å². The van der Waals surface area contributed by atoms with E-state index in [4.69, 9.17) is 11.6 Å². The molecule has 0 spiro atoms. The fourth-order valence-electron chi connectivity index (χ4n) is 3.30. The molecule has 0 atom stereocenters. The number of piperidine rings is 1. The van der Waals surface area contributed by atoms with Gasteiger partial charge < -0.3 is 10.2 Å². The third kappa shape index (κ3) is 4.66. The van der Waals surface area contributed by atoms with Gasteiger partial charge in [-0.05, 0) is 50.3 Å². The van der Waals surface area contributed by atoms with Crippen LogP contribution < -0.4 is 5.32 Å².